The maximum absolute atomic E-state index is 13.8. The number of benzene rings is 2. The van der Waals surface area contributed by atoms with E-state index >= 15 is 0 Å². The quantitative estimate of drug-likeness (QED) is 0.165. The van der Waals surface area contributed by atoms with Crippen LogP contribution in [0.3, 0.4) is 0 Å². The number of carbonyl (C=O) groups excluding carboxylic acids is 2. The number of nitrogens with one attached hydrogen (secondary N) is 1. The minimum absolute atomic E-state index is 0.00931. The van der Waals surface area contributed by atoms with Gasteiger partial charge in [-0.25, -0.2) is 0 Å². The number of carboxylic acid groups (broad SMARTS) is 1. The van der Waals surface area contributed by atoms with Crippen molar-refractivity contribution in [2.24, 2.45) is 0 Å². The number of amides is 1. The minimum atomic E-state index is -1.04. The summed E-state index contributed by atoms with van der Waals surface area (Å²) in [4.78, 5) is 40.3. The zero-order valence-corrected chi connectivity index (χ0v) is 25.9. The predicted octanol–water partition coefficient (Wildman–Crippen LogP) is 6.43. The first-order valence-electron chi connectivity index (χ1n) is 14.1. The predicted molar refractivity (Wildman–Crippen MR) is 168 cm³/mol. The zero-order valence-electron chi connectivity index (χ0n) is 24.3. The van der Waals surface area contributed by atoms with E-state index in [0.717, 1.165) is 22.2 Å². The van der Waals surface area contributed by atoms with Gasteiger partial charge in [-0.1, -0.05) is 69.6 Å². The maximum atomic E-state index is 13.8. The first kappa shape index (κ1) is 30.2. The molecule has 3 aromatic heterocycles. The summed E-state index contributed by atoms with van der Waals surface area (Å²) in [6, 6.07) is 16.2. The first-order chi connectivity index (χ1) is 20.7. The highest BCUT2D eigenvalue weighted by molar-refractivity contribution is 7.15. The number of hydrogen-bond donors (Lipinski definition) is 2. The molecule has 2 aromatic carbocycles. The van der Waals surface area contributed by atoms with Gasteiger partial charge >= 0.3 is 5.97 Å². The second-order valence-electron chi connectivity index (χ2n) is 10.4. The van der Waals surface area contributed by atoms with Crippen LogP contribution in [-0.2, 0) is 30.7 Å². The van der Waals surface area contributed by atoms with E-state index in [1.807, 2.05) is 62.6 Å². The number of halogens is 1. The number of rotatable bonds is 11. The van der Waals surface area contributed by atoms with Gasteiger partial charge in [0.15, 0.2) is 11.6 Å². The molecule has 5 rings (SSSR count). The number of carbonyl (C=O) groups is 3. The summed E-state index contributed by atoms with van der Waals surface area (Å²) in [7, 11) is 0. The summed E-state index contributed by atoms with van der Waals surface area (Å²) in [6.45, 7) is 7.61. The molecule has 9 nitrogen and oxygen atoms in total. The highest BCUT2D eigenvalue weighted by Crippen LogP contribution is 2.34. The van der Waals surface area contributed by atoms with E-state index in [4.69, 9.17) is 11.6 Å². The van der Waals surface area contributed by atoms with Gasteiger partial charge in [0, 0.05) is 27.3 Å². The SMILES string of the molecule is CCc1cc(C(=O)c2ccccc2Cl)c(-n2c(CNC(=O)c3c(CC)c4ccccc4n3CC(=O)O)nnc2C(C)C)s1. The molecule has 2 N–H and O–H groups in total. The van der Waals surface area contributed by atoms with E-state index in [1.165, 1.54) is 11.3 Å². The Kier molecular flexibility index (Phi) is 8.79. The second kappa shape index (κ2) is 12.5. The Labute approximate surface area is 258 Å². The number of nitrogens with zero attached hydrogens (tertiary/aromatic N) is 4. The van der Waals surface area contributed by atoms with Crippen molar-refractivity contribution in [2.45, 2.75) is 59.5 Å². The van der Waals surface area contributed by atoms with Crippen LogP contribution in [0.25, 0.3) is 15.9 Å². The lowest BCUT2D eigenvalue weighted by Crippen LogP contribution is -2.29. The molecule has 0 bridgehead atoms. The lowest BCUT2D eigenvalue weighted by Gasteiger charge is -2.14. The van der Waals surface area contributed by atoms with Gasteiger partial charge in [0.25, 0.3) is 5.91 Å². The highest BCUT2D eigenvalue weighted by atomic mass is 35.5. The summed E-state index contributed by atoms with van der Waals surface area (Å²) >= 11 is 7.88. The molecule has 0 fully saturated rings. The molecule has 0 saturated heterocycles. The third kappa shape index (κ3) is 5.72. The number of fused-ring (bicyclic) bond motifs is 1. The van der Waals surface area contributed by atoms with E-state index in [2.05, 4.69) is 15.5 Å². The molecule has 11 heteroatoms. The molecule has 0 saturated carbocycles. The number of aromatic nitrogens is 4. The maximum Gasteiger partial charge on any atom is 0.323 e. The summed E-state index contributed by atoms with van der Waals surface area (Å²) in [6.07, 6.45) is 1.28. The van der Waals surface area contributed by atoms with Gasteiger partial charge < -0.3 is 15.0 Å². The molecule has 0 aliphatic heterocycles. The molecule has 5 aromatic rings. The fraction of sp³-hybridized carbons (Fsp3) is 0.281. The highest BCUT2D eigenvalue weighted by Gasteiger charge is 2.27. The molecular formula is C32H32ClN5O4S. The van der Waals surface area contributed by atoms with Crippen LogP contribution in [0.1, 0.15) is 82.1 Å². The van der Waals surface area contributed by atoms with Crippen molar-refractivity contribution >= 4 is 51.5 Å². The van der Waals surface area contributed by atoms with Gasteiger partial charge in [-0.05, 0) is 42.7 Å². The topological polar surface area (TPSA) is 119 Å². The first-order valence-corrected chi connectivity index (χ1v) is 15.3. The van der Waals surface area contributed by atoms with E-state index in [0.29, 0.717) is 50.4 Å². The number of hydrogen-bond acceptors (Lipinski definition) is 6. The number of carboxylic acids is 1. The number of thiophene rings is 1. The van der Waals surface area contributed by atoms with Crippen molar-refractivity contribution in [1.82, 2.24) is 24.6 Å². The average Bonchev–Trinajstić information content (AvgIpc) is 3.69. The molecule has 1 amide bonds. The van der Waals surface area contributed by atoms with Crippen LogP contribution in [0.5, 0.6) is 0 Å². The number of aliphatic carboxylic acids is 1. The molecule has 0 unspecified atom stereocenters. The summed E-state index contributed by atoms with van der Waals surface area (Å²) < 4.78 is 3.40. The van der Waals surface area contributed by atoms with E-state index in [1.54, 1.807) is 28.8 Å². The summed E-state index contributed by atoms with van der Waals surface area (Å²) in [5.41, 5.74) is 2.65. The van der Waals surface area contributed by atoms with E-state index in [9.17, 15) is 19.5 Å². The Hall–Kier alpha value is -4.28. The summed E-state index contributed by atoms with van der Waals surface area (Å²) in [5.74, 6) is -0.593. The fourth-order valence-electron chi connectivity index (χ4n) is 5.30. The van der Waals surface area contributed by atoms with Gasteiger partial charge in [-0.2, -0.15) is 0 Å². The molecule has 0 atom stereocenters. The Morgan fingerprint density at radius 1 is 1.00 bits per heavy atom. The summed E-state index contributed by atoms with van der Waals surface area (Å²) in [5, 5.41) is 23.3. The van der Waals surface area contributed by atoms with Gasteiger partial charge in [0.1, 0.15) is 23.1 Å². The van der Waals surface area contributed by atoms with Gasteiger partial charge in [0.05, 0.1) is 17.1 Å². The number of aryl methyl sites for hydroxylation is 2. The van der Waals surface area contributed by atoms with Crippen LogP contribution in [0.2, 0.25) is 5.02 Å². The second-order valence-corrected chi connectivity index (χ2v) is 11.9. The third-order valence-electron chi connectivity index (χ3n) is 7.29. The monoisotopic (exact) mass is 617 g/mol. The Bertz CT molecular complexity index is 1850. The zero-order chi connectivity index (χ0) is 30.8. The third-order valence-corrected chi connectivity index (χ3v) is 8.89. The molecular weight excluding hydrogens is 586 g/mol. The van der Waals surface area contributed by atoms with Crippen LogP contribution < -0.4 is 5.32 Å². The number of para-hydroxylation sites is 1. The Balaban J connectivity index is 1.56. The minimum Gasteiger partial charge on any atom is -0.480 e. The average molecular weight is 618 g/mol. The molecule has 0 aliphatic carbocycles. The van der Waals surface area contributed by atoms with Gasteiger partial charge in [0.2, 0.25) is 0 Å². The molecule has 0 spiro atoms. The lowest BCUT2D eigenvalue weighted by molar-refractivity contribution is -0.137. The van der Waals surface area contributed by atoms with Gasteiger partial charge in [-0.3, -0.25) is 19.0 Å². The van der Waals surface area contributed by atoms with Crippen molar-refractivity contribution < 1.29 is 19.5 Å². The van der Waals surface area contributed by atoms with E-state index in [-0.39, 0.29) is 24.8 Å². The molecule has 43 heavy (non-hydrogen) atoms. The van der Waals surface area contributed by atoms with Crippen molar-refractivity contribution in [1.29, 1.82) is 0 Å². The lowest BCUT2D eigenvalue weighted by atomic mass is 10.0. The normalized spacial score (nSPS) is 11.4. The largest absolute Gasteiger partial charge is 0.480 e. The van der Waals surface area contributed by atoms with Crippen molar-refractivity contribution in [3.63, 3.8) is 0 Å². The number of ketones is 1. The van der Waals surface area contributed by atoms with Gasteiger partial charge in [-0.15, -0.1) is 21.5 Å². The van der Waals surface area contributed by atoms with Crippen LogP contribution >= 0.6 is 22.9 Å². The van der Waals surface area contributed by atoms with Crippen molar-refractivity contribution in [2.75, 3.05) is 0 Å². The van der Waals surface area contributed by atoms with Crippen LogP contribution in [0.4, 0.5) is 0 Å². The molecule has 3 heterocycles. The van der Waals surface area contributed by atoms with Crippen molar-refractivity contribution in [3.05, 3.63) is 98.5 Å². The molecule has 0 radical (unpaired) electrons. The fourth-order valence-corrected chi connectivity index (χ4v) is 6.64. The van der Waals surface area contributed by atoms with E-state index < -0.39 is 11.9 Å². The van der Waals surface area contributed by atoms with Crippen molar-refractivity contribution in [3.8, 4) is 5.00 Å². The van der Waals surface area contributed by atoms with Crippen LogP contribution in [0, 0.1) is 0 Å². The van der Waals surface area contributed by atoms with Crippen LogP contribution in [-0.4, -0.2) is 42.1 Å². The Morgan fingerprint density at radius 2 is 1.72 bits per heavy atom. The standard InChI is InChI=1S/C32H32ClN5O4S/c1-5-19-15-23(29(41)22-12-7-9-13-24(22)33)32(43-19)38-26(35-36-30(38)18(3)4)16-34-31(42)28-20(6-2)21-11-8-10-14-25(21)37(28)17-27(39)40/h7-15,18H,5-6,16-17H2,1-4H3,(H,34,42)(H,39,40). The van der Waals surface area contributed by atoms with Crippen LogP contribution in [0.15, 0.2) is 54.6 Å². The Morgan fingerprint density at radius 3 is 2.40 bits per heavy atom. The molecule has 222 valence electrons. The smallest absolute Gasteiger partial charge is 0.323 e. The molecule has 0 aliphatic rings.